The van der Waals surface area contributed by atoms with Crippen LogP contribution in [0.1, 0.15) is 46.5 Å². The standard InChI is InChI=1S/C13H27NSi/c1-5-12-15(6-2,13(3)4)14-10-8-7-9-11-14/h3,5-12H2,1-2,4H3. The van der Waals surface area contributed by atoms with Crippen LogP contribution in [0.25, 0.3) is 0 Å². The van der Waals surface area contributed by atoms with Crippen LogP contribution in [0.5, 0.6) is 0 Å². The molecule has 88 valence electrons. The molecular weight excluding hydrogens is 198 g/mol. The third-order valence-corrected chi connectivity index (χ3v) is 9.75. The molecule has 1 unspecified atom stereocenters. The van der Waals surface area contributed by atoms with E-state index in [1.165, 1.54) is 56.1 Å². The summed E-state index contributed by atoms with van der Waals surface area (Å²) in [6.45, 7) is 14.0. The molecule has 15 heavy (non-hydrogen) atoms. The number of hydrogen-bond donors (Lipinski definition) is 0. The molecule has 0 aromatic rings. The highest BCUT2D eigenvalue weighted by Crippen LogP contribution is 2.31. The van der Waals surface area contributed by atoms with E-state index >= 15 is 0 Å². The highest BCUT2D eigenvalue weighted by atomic mass is 28.3. The van der Waals surface area contributed by atoms with Crippen molar-refractivity contribution in [3.05, 3.63) is 11.8 Å². The molecule has 1 aliphatic heterocycles. The van der Waals surface area contributed by atoms with Gasteiger partial charge in [-0.2, -0.15) is 0 Å². The number of nitrogens with zero attached hydrogens (tertiary/aromatic N) is 1. The first-order valence-electron chi connectivity index (χ1n) is 6.58. The highest BCUT2D eigenvalue weighted by molar-refractivity contribution is 6.83. The summed E-state index contributed by atoms with van der Waals surface area (Å²) in [6.07, 6.45) is 5.58. The Morgan fingerprint density at radius 2 is 1.80 bits per heavy atom. The van der Waals surface area contributed by atoms with Crippen LogP contribution in [0.3, 0.4) is 0 Å². The van der Waals surface area contributed by atoms with Gasteiger partial charge in [0.25, 0.3) is 0 Å². The largest absolute Gasteiger partial charge is 0.320 e. The summed E-state index contributed by atoms with van der Waals surface area (Å²) >= 11 is 0. The van der Waals surface area contributed by atoms with Gasteiger partial charge in [0.05, 0.1) is 0 Å². The van der Waals surface area contributed by atoms with Gasteiger partial charge in [0.15, 0.2) is 8.24 Å². The normalized spacial score (nSPS) is 22.3. The van der Waals surface area contributed by atoms with Crippen molar-refractivity contribution in [2.75, 3.05) is 13.1 Å². The molecule has 1 atom stereocenters. The van der Waals surface area contributed by atoms with E-state index in [2.05, 4.69) is 31.9 Å². The van der Waals surface area contributed by atoms with E-state index in [9.17, 15) is 0 Å². The smallest absolute Gasteiger partial charge is 0.155 e. The average Bonchev–Trinajstić information content (AvgIpc) is 2.26. The van der Waals surface area contributed by atoms with Gasteiger partial charge in [-0.05, 0) is 44.9 Å². The monoisotopic (exact) mass is 225 g/mol. The minimum Gasteiger partial charge on any atom is -0.320 e. The Morgan fingerprint density at radius 3 is 2.20 bits per heavy atom. The maximum atomic E-state index is 4.31. The summed E-state index contributed by atoms with van der Waals surface area (Å²) in [6, 6.07) is 2.77. The van der Waals surface area contributed by atoms with Crippen LogP contribution in [0.4, 0.5) is 0 Å². The molecule has 1 nitrogen and oxygen atoms in total. The molecule has 0 N–H and O–H groups in total. The lowest BCUT2D eigenvalue weighted by Crippen LogP contribution is -2.55. The van der Waals surface area contributed by atoms with Gasteiger partial charge >= 0.3 is 0 Å². The van der Waals surface area contributed by atoms with Gasteiger partial charge in [-0.15, -0.1) is 6.58 Å². The summed E-state index contributed by atoms with van der Waals surface area (Å²) in [5.74, 6) is 0. The van der Waals surface area contributed by atoms with Gasteiger partial charge in [0, 0.05) is 0 Å². The van der Waals surface area contributed by atoms with E-state index < -0.39 is 8.24 Å². The van der Waals surface area contributed by atoms with Crippen LogP contribution in [-0.2, 0) is 0 Å². The highest BCUT2D eigenvalue weighted by Gasteiger charge is 2.38. The fourth-order valence-corrected chi connectivity index (χ4v) is 7.77. The van der Waals surface area contributed by atoms with Crippen molar-refractivity contribution in [2.45, 2.75) is 58.5 Å². The second-order valence-electron chi connectivity index (χ2n) is 4.96. The number of hydrogen-bond acceptors (Lipinski definition) is 1. The SMILES string of the molecule is C=C(C)[Si](CC)(CCC)N1CCCCC1. The van der Waals surface area contributed by atoms with E-state index in [1.54, 1.807) is 0 Å². The van der Waals surface area contributed by atoms with Gasteiger partial charge in [-0.1, -0.05) is 31.9 Å². The van der Waals surface area contributed by atoms with Crippen molar-refractivity contribution in [1.82, 2.24) is 4.57 Å². The zero-order valence-corrected chi connectivity index (χ0v) is 11.8. The van der Waals surface area contributed by atoms with Gasteiger partial charge in [-0.3, -0.25) is 0 Å². The summed E-state index contributed by atoms with van der Waals surface area (Å²) in [5, 5.41) is 1.51. The van der Waals surface area contributed by atoms with Gasteiger partial charge in [0.1, 0.15) is 0 Å². The lowest BCUT2D eigenvalue weighted by Gasteiger charge is -2.44. The van der Waals surface area contributed by atoms with Gasteiger partial charge < -0.3 is 4.57 Å². The maximum Gasteiger partial charge on any atom is 0.155 e. The second kappa shape index (κ2) is 5.85. The zero-order valence-electron chi connectivity index (χ0n) is 10.8. The molecule has 1 aliphatic rings. The van der Waals surface area contributed by atoms with E-state index in [4.69, 9.17) is 0 Å². The molecular formula is C13H27NSi. The Balaban J connectivity index is 2.80. The number of allylic oxidation sites excluding steroid dienone is 1. The van der Waals surface area contributed by atoms with Crippen molar-refractivity contribution < 1.29 is 0 Å². The van der Waals surface area contributed by atoms with Crippen LogP contribution < -0.4 is 0 Å². The molecule has 0 bridgehead atoms. The van der Waals surface area contributed by atoms with Crippen molar-refractivity contribution in [3.63, 3.8) is 0 Å². The van der Waals surface area contributed by atoms with Crippen molar-refractivity contribution in [3.8, 4) is 0 Å². The van der Waals surface area contributed by atoms with E-state index in [0.29, 0.717) is 0 Å². The molecule has 0 amide bonds. The molecule has 0 aromatic carbocycles. The first-order chi connectivity index (χ1) is 7.17. The van der Waals surface area contributed by atoms with Crippen molar-refractivity contribution in [2.24, 2.45) is 0 Å². The minimum absolute atomic E-state index is 1.31. The molecule has 1 rings (SSSR count). The van der Waals surface area contributed by atoms with E-state index in [1.807, 2.05) is 0 Å². The lowest BCUT2D eigenvalue weighted by molar-refractivity contribution is 0.341. The summed E-state index contributed by atoms with van der Waals surface area (Å²) in [4.78, 5) is 0. The van der Waals surface area contributed by atoms with Crippen LogP contribution in [0, 0.1) is 0 Å². The van der Waals surface area contributed by atoms with Crippen LogP contribution in [0.2, 0.25) is 12.1 Å². The fraction of sp³-hybridized carbons (Fsp3) is 0.846. The first kappa shape index (κ1) is 13.0. The molecule has 0 spiro atoms. The predicted molar refractivity (Wildman–Crippen MR) is 71.6 cm³/mol. The van der Waals surface area contributed by atoms with Crippen LogP contribution in [0.15, 0.2) is 11.8 Å². The molecule has 1 fully saturated rings. The second-order valence-corrected chi connectivity index (χ2v) is 9.72. The average molecular weight is 225 g/mol. The topological polar surface area (TPSA) is 3.24 Å². The molecule has 2 heteroatoms. The van der Waals surface area contributed by atoms with E-state index in [-0.39, 0.29) is 0 Å². The van der Waals surface area contributed by atoms with E-state index in [0.717, 1.165) is 0 Å². The fourth-order valence-electron chi connectivity index (χ4n) is 3.08. The van der Waals surface area contributed by atoms with Crippen molar-refractivity contribution in [1.29, 1.82) is 0 Å². The minimum atomic E-state index is -1.31. The zero-order chi connectivity index (χ0) is 11.3. The molecule has 1 saturated heterocycles. The third kappa shape index (κ3) is 2.73. The Kier molecular flexibility index (Phi) is 5.07. The van der Waals surface area contributed by atoms with Gasteiger partial charge in [-0.25, -0.2) is 0 Å². The Morgan fingerprint density at radius 1 is 1.20 bits per heavy atom. The summed E-state index contributed by atoms with van der Waals surface area (Å²) in [7, 11) is -1.31. The quantitative estimate of drug-likeness (QED) is 0.640. The Hall–Kier alpha value is -0.0831. The first-order valence-corrected chi connectivity index (χ1v) is 8.94. The summed E-state index contributed by atoms with van der Waals surface area (Å²) in [5.41, 5.74) is 0. The maximum absolute atomic E-state index is 4.31. The molecule has 0 aliphatic carbocycles. The molecule has 0 saturated carbocycles. The molecule has 0 aromatic heterocycles. The van der Waals surface area contributed by atoms with Crippen LogP contribution >= 0.6 is 0 Å². The molecule has 0 radical (unpaired) electrons. The lowest BCUT2D eigenvalue weighted by atomic mass is 10.2. The predicted octanol–water partition coefficient (Wildman–Crippen LogP) is 3.96. The van der Waals surface area contributed by atoms with Gasteiger partial charge in [0.2, 0.25) is 0 Å². The van der Waals surface area contributed by atoms with Crippen molar-refractivity contribution >= 4 is 8.24 Å². The third-order valence-electron chi connectivity index (χ3n) is 4.00. The Labute approximate surface area is 96.6 Å². The Bertz CT molecular complexity index is 209. The number of rotatable bonds is 5. The van der Waals surface area contributed by atoms with Crippen LogP contribution in [-0.4, -0.2) is 25.9 Å². The number of piperidine rings is 1. The summed E-state index contributed by atoms with van der Waals surface area (Å²) < 4.78 is 2.84. The molecule has 1 heterocycles.